The standard InChI is InChI=1S/C22H24F3N5O2/c1-12(2)16(21(32)30-11-22(23,24)25)5-13-4-14(8-27-7-13)18-10-29-19-17(18)6-15(9-28-19)20(31)26-3/h4,6-10,12,16H,5,11H2,1-3H3,(H,26,31)(H,28,29)(H,30,32)/t16-/m1/s1. The summed E-state index contributed by atoms with van der Waals surface area (Å²) in [6.45, 7) is 2.23. The molecule has 0 aliphatic carbocycles. The Hall–Kier alpha value is -3.43. The number of nitrogens with one attached hydrogen (secondary N) is 3. The number of hydrogen-bond acceptors (Lipinski definition) is 4. The molecule has 0 unspecified atom stereocenters. The van der Waals surface area contributed by atoms with Crippen LogP contribution >= 0.6 is 0 Å². The molecular weight excluding hydrogens is 423 g/mol. The molecule has 32 heavy (non-hydrogen) atoms. The normalized spacial score (nSPS) is 12.7. The van der Waals surface area contributed by atoms with Crippen molar-refractivity contribution in [2.75, 3.05) is 13.6 Å². The van der Waals surface area contributed by atoms with Crippen LogP contribution in [0.15, 0.2) is 36.9 Å². The molecule has 3 aromatic rings. The highest BCUT2D eigenvalue weighted by Gasteiger charge is 2.30. The number of amides is 2. The second-order valence-corrected chi connectivity index (χ2v) is 7.87. The molecule has 1 atom stereocenters. The molecule has 3 heterocycles. The van der Waals surface area contributed by atoms with Crippen molar-refractivity contribution in [1.82, 2.24) is 25.6 Å². The van der Waals surface area contributed by atoms with Crippen molar-refractivity contribution in [3.05, 3.63) is 48.0 Å². The summed E-state index contributed by atoms with van der Waals surface area (Å²) in [6, 6.07) is 3.57. The Morgan fingerprint density at radius 1 is 1.16 bits per heavy atom. The van der Waals surface area contributed by atoms with Crippen LogP contribution < -0.4 is 10.6 Å². The van der Waals surface area contributed by atoms with E-state index in [0.717, 1.165) is 16.5 Å². The van der Waals surface area contributed by atoms with Crippen LogP contribution in [0.4, 0.5) is 13.2 Å². The first kappa shape index (κ1) is 23.2. The van der Waals surface area contributed by atoms with Crippen molar-refractivity contribution in [3.63, 3.8) is 0 Å². The van der Waals surface area contributed by atoms with Gasteiger partial charge in [-0.25, -0.2) is 4.98 Å². The Kier molecular flexibility index (Phi) is 6.81. The molecule has 2 amide bonds. The Morgan fingerprint density at radius 3 is 2.56 bits per heavy atom. The van der Waals surface area contributed by atoms with Gasteiger partial charge >= 0.3 is 6.18 Å². The quantitative estimate of drug-likeness (QED) is 0.516. The Bertz CT molecular complexity index is 1120. The zero-order valence-corrected chi connectivity index (χ0v) is 17.9. The molecule has 0 saturated carbocycles. The third-order valence-corrected chi connectivity index (χ3v) is 5.19. The highest BCUT2D eigenvalue weighted by atomic mass is 19.4. The minimum absolute atomic E-state index is 0.167. The van der Waals surface area contributed by atoms with Crippen LogP contribution in [0.25, 0.3) is 22.2 Å². The molecule has 10 heteroatoms. The third kappa shape index (κ3) is 5.43. The zero-order chi connectivity index (χ0) is 23.5. The van der Waals surface area contributed by atoms with Gasteiger partial charge in [-0.1, -0.05) is 13.8 Å². The summed E-state index contributed by atoms with van der Waals surface area (Å²) in [5.74, 6) is -1.71. The number of halogens is 3. The average molecular weight is 447 g/mol. The van der Waals surface area contributed by atoms with Crippen LogP contribution in [0, 0.1) is 11.8 Å². The topological polar surface area (TPSA) is 99.8 Å². The number of aromatic nitrogens is 3. The van der Waals surface area contributed by atoms with E-state index in [9.17, 15) is 22.8 Å². The number of rotatable bonds is 7. The van der Waals surface area contributed by atoms with E-state index in [2.05, 4.69) is 20.3 Å². The Morgan fingerprint density at radius 2 is 1.91 bits per heavy atom. The van der Waals surface area contributed by atoms with E-state index in [1.807, 2.05) is 11.4 Å². The van der Waals surface area contributed by atoms with Crippen LogP contribution in [-0.2, 0) is 11.2 Å². The van der Waals surface area contributed by atoms with Crippen LogP contribution in [0.1, 0.15) is 29.8 Å². The lowest BCUT2D eigenvalue weighted by Crippen LogP contribution is -2.40. The van der Waals surface area contributed by atoms with Crippen molar-refractivity contribution in [1.29, 1.82) is 0 Å². The van der Waals surface area contributed by atoms with Gasteiger partial charge in [-0.15, -0.1) is 0 Å². The lowest BCUT2D eigenvalue weighted by molar-refractivity contribution is -0.141. The summed E-state index contributed by atoms with van der Waals surface area (Å²) in [7, 11) is 1.54. The molecule has 0 bridgehead atoms. The van der Waals surface area contributed by atoms with Gasteiger partial charge in [-0.3, -0.25) is 14.6 Å². The lowest BCUT2D eigenvalue weighted by Gasteiger charge is -2.21. The molecular formula is C22H24F3N5O2. The molecule has 7 nitrogen and oxygen atoms in total. The molecule has 0 fully saturated rings. The summed E-state index contributed by atoms with van der Waals surface area (Å²) in [5.41, 5.74) is 3.24. The van der Waals surface area contributed by atoms with Gasteiger partial charge in [-0.05, 0) is 30.0 Å². The molecule has 0 radical (unpaired) electrons. The van der Waals surface area contributed by atoms with E-state index in [-0.39, 0.29) is 18.2 Å². The maximum atomic E-state index is 12.5. The maximum Gasteiger partial charge on any atom is 0.405 e. The van der Waals surface area contributed by atoms with Gasteiger partial charge < -0.3 is 15.6 Å². The summed E-state index contributed by atoms with van der Waals surface area (Å²) >= 11 is 0. The SMILES string of the molecule is CNC(=O)c1cnc2[nH]cc(-c3cncc(C[C@@H](C(=O)NCC(F)(F)F)C(C)C)c3)c2c1. The van der Waals surface area contributed by atoms with Crippen LogP contribution in [0.2, 0.25) is 0 Å². The largest absolute Gasteiger partial charge is 0.405 e. The van der Waals surface area contributed by atoms with Crippen molar-refractivity contribution >= 4 is 22.8 Å². The summed E-state index contributed by atoms with van der Waals surface area (Å²) in [4.78, 5) is 35.9. The van der Waals surface area contributed by atoms with Crippen molar-refractivity contribution in [2.24, 2.45) is 11.8 Å². The van der Waals surface area contributed by atoms with Crippen LogP contribution in [-0.4, -0.2) is 46.5 Å². The van der Waals surface area contributed by atoms with Gasteiger partial charge in [0.1, 0.15) is 12.2 Å². The smallest absolute Gasteiger partial charge is 0.355 e. The van der Waals surface area contributed by atoms with Crippen LogP contribution in [0.5, 0.6) is 0 Å². The average Bonchev–Trinajstić information content (AvgIpc) is 3.18. The molecule has 0 spiro atoms. The Labute approximate surface area is 182 Å². The number of fused-ring (bicyclic) bond motifs is 1. The number of aromatic amines is 1. The van der Waals surface area contributed by atoms with E-state index >= 15 is 0 Å². The minimum Gasteiger partial charge on any atom is -0.355 e. The second-order valence-electron chi connectivity index (χ2n) is 7.87. The van der Waals surface area contributed by atoms with Crippen molar-refractivity contribution in [3.8, 4) is 11.1 Å². The van der Waals surface area contributed by atoms with Gasteiger partial charge in [0, 0.05) is 54.3 Å². The van der Waals surface area contributed by atoms with Gasteiger partial charge in [-0.2, -0.15) is 13.2 Å². The number of nitrogens with zero attached hydrogens (tertiary/aromatic N) is 2. The summed E-state index contributed by atoms with van der Waals surface area (Å²) in [5, 5.41) is 5.27. The molecule has 0 aliphatic heterocycles. The maximum absolute atomic E-state index is 12.5. The first-order valence-electron chi connectivity index (χ1n) is 10.1. The fourth-order valence-corrected chi connectivity index (χ4v) is 3.46. The number of H-pyrrole nitrogens is 1. The van der Waals surface area contributed by atoms with E-state index in [4.69, 9.17) is 0 Å². The molecule has 3 N–H and O–H groups in total. The summed E-state index contributed by atoms with van der Waals surface area (Å²) < 4.78 is 37.5. The Balaban J connectivity index is 1.87. The van der Waals surface area contributed by atoms with Gasteiger partial charge in [0.2, 0.25) is 5.91 Å². The van der Waals surface area contributed by atoms with E-state index in [1.54, 1.807) is 38.5 Å². The third-order valence-electron chi connectivity index (χ3n) is 5.19. The minimum atomic E-state index is -4.46. The van der Waals surface area contributed by atoms with Gasteiger partial charge in [0.15, 0.2) is 0 Å². The lowest BCUT2D eigenvalue weighted by atomic mass is 9.88. The molecule has 0 aliphatic rings. The van der Waals surface area contributed by atoms with E-state index < -0.39 is 24.5 Å². The number of carbonyl (C=O) groups is 2. The fourth-order valence-electron chi connectivity index (χ4n) is 3.46. The van der Waals surface area contributed by atoms with Gasteiger partial charge in [0.05, 0.1) is 5.56 Å². The van der Waals surface area contributed by atoms with Gasteiger partial charge in [0.25, 0.3) is 5.91 Å². The van der Waals surface area contributed by atoms with Crippen molar-refractivity contribution < 1.29 is 22.8 Å². The monoisotopic (exact) mass is 447 g/mol. The van der Waals surface area contributed by atoms with E-state index in [0.29, 0.717) is 16.8 Å². The highest BCUT2D eigenvalue weighted by Crippen LogP contribution is 2.29. The number of alkyl halides is 3. The summed E-state index contributed by atoms with van der Waals surface area (Å²) in [6.07, 6.45) is 2.25. The number of hydrogen-bond donors (Lipinski definition) is 3. The fraction of sp³-hybridized carbons (Fsp3) is 0.364. The molecule has 3 aromatic heterocycles. The second kappa shape index (κ2) is 9.37. The van der Waals surface area contributed by atoms with E-state index in [1.165, 1.54) is 13.2 Å². The predicted molar refractivity (Wildman–Crippen MR) is 114 cm³/mol. The highest BCUT2D eigenvalue weighted by molar-refractivity contribution is 6.00. The first-order valence-corrected chi connectivity index (χ1v) is 10.1. The predicted octanol–water partition coefficient (Wildman–Crippen LogP) is 3.48. The first-order chi connectivity index (χ1) is 15.1. The molecule has 3 rings (SSSR count). The van der Waals surface area contributed by atoms with Crippen LogP contribution in [0.3, 0.4) is 0 Å². The molecule has 170 valence electrons. The number of pyridine rings is 2. The number of carbonyl (C=O) groups excluding carboxylic acids is 2. The zero-order valence-electron chi connectivity index (χ0n) is 17.9. The molecule has 0 saturated heterocycles. The molecule has 0 aromatic carbocycles. The van der Waals surface area contributed by atoms with Crippen molar-refractivity contribution in [2.45, 2.75) is 26.4 Å².